The number of hydrogen-bond donors (Lipinski definition) is 0. The molecule has 1 heterocycles. The lowest BCUT2D eigenvalue weighted by Crippen LogP contribution is -3.00. The van der Waals surface area contributed by atoms with Crippen molar-refractivity contribution in [2.24, 2.45) is 0 Å². The number of pyridine rings is 1. The predicted octanol–water partition coefficient (Wildman–Crippen LogP) is -0.832. The van der Waals surface area contributed by atoms with Gasteiger partial charge in [-0.25, -0.2) is 4.57 Å². The van der Waals surface area contributed by atoms with Crippen LogP contribution in [0.25, 0.3) is 0 Å². The zero-order valence-corrected chi connectivity index (χ0v) is 8.59. The third-order valence-electron chi connectivity index (χ3n) is 1.81. The molecule has 3 heteroatoms. The van der Waals surface area contributed by atoms with Crippen LogP contribution in [0.2, 0.25) is 0 Å². The molecule has 0 aliphatic heterocycles. The fraction of sp³-hybridized carbons (Fsp3) is 0.444. The van der Waals surface area contributed by atoms with Crippen molar-refractivity contribution in [1.29, 1.82) is 0 Å². The molecule has 0 saturated carbocycles. The first-order valence-electron chi connectivity index (χ1n) is 3.90. The molecule has 0 spiro atoms. The van der Waals surface area contributed by atoms with E-state index in [-0.39, 0.29) is 12.4 Å². The Balaban J connectivity index is 0.00000121. The Morgan fingerprint density at radius 2 is 1.83 bits per heavy atom. The van der Waals surface area contributed by atoms with Crippen molar-refractivity contribution in [2.45, 2.75) is 19.4 Å². The average molecular weight is 206 g/mol. The SMILES string of the molecule is CCC(CCl)[n+]1ccccc1.[Cl-]. The highest BCUT2D eigenvalue weighted by atomic mass is 35.5. The molecule has 1 nitrogen and oxygen atoms in total. The molecule has 0 aliphatic rings. The summed E-state index contributed by atoms with van der Waals surface area (Å²) < 4.78 is 2.15. The molecule has 0 N–H and O–H groups in total. The fourth-order valence-corrected chi connectivity index (χ4v) is 1.43. The van der Waals surface area contributed by atoms with E-state index in [9.17, 15) is 0 Å². The highest BCUT2D eigenvalue weighted by molar-refractivity contribution is 6.18. The smallest absolute Gasteiger partial charge is 0.171 e. The van der Waals surface area contributed by atoms with Crippen LogP contribution >= 0.6 is 11.6 Å². The van der Waals surface area contributed by atoms with Gasteiger partial charge in [-0.2, -0.15) is 0 Å². The first-order valence-corrected chi connectivity index (χ1v) is 4.43. The molecule has 12 heavy (non-hydrogen) atoms. The number of alkyl halides is 1. The summed E-state index contributed by atoms with van der Waals surface area (Å²) in [5.41, 5.74) is 0. The molecule has 68 valence electrons. The maximum atomic E-state index is 5.78. The van der Waals surface area contributed by atoms with Crippen molar-refractivity contribution >= 4 is 11.6 Å². The first kappa shape index (κ1) is 11.7. The standard InChI is InChI=1S/C9H13ClN.ClH/c1-2-9(8-10)11-6-4-3-5-7-11;/h3-7,9H,2,8H2,1H3;1H/q+1;/p-1. The monoisotopic (exact) mass is 205 g/mol. The zero-order valence-electron chi connectivity index (χ0n) is 7.08. The van der Waals surface area contributed by atoms with Crippen molar-refractivity contribution in [3.05, 3.63) is 30.6 Å². The number of aromatic nitrogens is 1. The van der Waals surface area contributed by atoms with Gasteiger partial charge in [0.05, 0.1) is 5.88 Å². The molecule has 1 atom stereocenters. The van der Waals surface area contributed by atoms with Crippen LogP contribution in [0.1, 0.15) is 19.4 Å². The number of hydrogen-bond acceptors (Lipinski definition) is 0. The van der Waals surface area contributed by atoms with Gasteiger partial charge in [0, 0.05) is 18.6 Å². The Morgan fingerprint density at radius 1 is 1.25 bits per heavy atom. The van der Waals surface area contributed by atoms with Crippen molar-refractivity contribution in [3.8, 4) is 0 Å². The second kappa shape index (κ2) is 6.27. The maximum absolute atomic E-state index is 5.78. The van der Waals surface area contributed by atoms with E-state index in [2.05, 4.69) is 23.9 Å². The minimum atomic E-state index is 0. The Morgan fingerprint density at radius 3 is 2.25 bits per heavy atom. The molecule has 0 radical (unpaired) electrons. The van der Waals surface area contributed by atoms with Crippen LogP contribution in [0, 0.1) is 0 Å². The van der Waals surface area contributed by atoms with E-state index in [1.54, 1.807) is 0 Å². The molecule has 0 bridgehead atoms. The van der Waals surface area contributed by atoms with E-state index in [1.807, 2.05) is 18.2 Å². The Labute approximate surface area is 84.8 Å². The van der Waals surface area contributed by atoms with E-state index in [0.717, 1.165) is 6.42 Å². The van der Waals surface area contributed by atoms with Gasteiger partial charge in [-0.05, 0) is 0 Å². The largest absolute Gasteiger partial charge is 1.00 e. The molecular weight excluding hydrogens is 193 g/mol. The van der Waals surface area contributed by atoms with Crippen LogP contribution in [0.5, 0.6) is 0 Å². The van der Waals surface area contributed by atoms with Crippen LogP contribution in [-0.2, 0) is 0 Å². The summed E-state index contributed by atoms with van der Waals surface area (Å²) >= 11 is 5.78. The summed E-state index contributed by atoms with van der Waals surface area (Å²) in [4.78, 5) is 0. The number of rotatable bonds is 3. The molecular formula is C9H13Cl2N. The van der Waals surface area contributed by atoms with E-state index in [4.69, 9.17) is 11.6 Å². The van der Waals surface area contributed by atoms with Gasteiger partial charge in [0.15, 0.2) is 18.4 Å². The van der Waals surface area contributed by atoms with E-state index in [0.29, 0.717) is 11.9 Å². The summed E-state index contributed by atoms with van der Waals surface area (Å²) in [5.74, 6) is 0.686. The minimum Gasteiger partial charge on any atom is -1.00 e. The molecule has 0 saturated heterocycles. The summed E-state index contributed by atoms with van der Waals surface area (Å²) in [6.07, 6.45) is 5.19. The van der Waals surface area contributed by atoms with E-state index in [1.165, 1.54) is 0 Å². The highest BCUT2D eigenvalue weighted by Crippen LogP contribution is 2.03. The van der Waals surface area contributed by atoms with Gasteiger partial charge < -0.3 is 12.4 Å². The van der Waals surface area contributed by atoms with Crippen LogP contribution in [0.3, 0.4) is 0 Å². The van der Waals surface area contributed by atoms with Crippen molar-refractivity contribution in [3.63, 3.8) is 0 Å². The lowest BCUT2D eigenvalue weighted by molar-refractivity contribution is -0.719. The lowest BCUT2D eigenvalue weighted by Gasteiger charge is -2.04. The predicted molar refractivity (Wildman–Crippen MR) is 46.7 cm³/mol. The zero-order chi connectivity index (χ0) is 8.10. The van der Waals surface area contributed by atoms with Gasteiger partial charge in [0.1, 0.15) is 0 Å². The fourth-order valence-electron chi connectivity index (χ4n) is 1.06. The molecule has 1 aromatic rings. The second-order valence-corrected chi connectivity index (χ2v) is 2.85. The Hall–Kier alpha value is -0.270. The maximum Gasteiger partial charge on any atom is 0.171 e. The van der Waals surface area contributed by atoms with Gasteiger partial charge in [0.2, 0.25) is 0 Å². The normalized spacial score (nSPS) is 11.8. The van der Waals surface area contributed by atoms with Crippen molar-refractivity contribution < 1.29 is 17.0 Å². The second-order valence-electron chi connectivity index (χ2n) is 2.54. The van der Waals surface area contributed by atoms with Gasteiger partial charge in [-0.1, -0.05) is 13.0 Å². The van der Waals surface area contributed by atoms with Gasteiger partial charge in [-0.3, -0.25) is 0 Å². The molecule has 0 aromatic carbocycles. The molecule has 1 unspecified atom stereocenters. The molecule has 0 amide bonds. The van der Waals surface area contributed by atoms with Gasteiger partial charge in [0.25, 0.3) is 0 Å². The van der Waals surface area contributed by atoms with E-state index < -0.39 is 0 Å². The van der Waals surface area contributed by atoms with Crippen LogP contribution < -0.4 is 17.0 Å². The third-order valence-corrected chi connectivity index (χ3v) is 2.17. The summed E-state index contributed by atoms with van der Waals surface area (Å²) in [7, 11) is 0. The molecule has 1 aromatic heterocycles. The lowest BCUT2D eigenvalue weighted by atomic mass is 10.2. The van der Waals surface area contributed by atoms with Crippen LogP contribution in [0.15, 0.2) is 30.6 Å². The van der Waals surface area contributed by atoms with Gasteiger partial charge in [-0.15, -0.1) is 11.6 Å². The molecule has 1 rings (SSSR count). The first-order chi connectivity index (χ1) is 5.38. The summed E-state index contributed by atoms with van der Waals surface area (Å²) in [6, 6.07) is 6.50. The minimum absolute atomic E-state index is 0. The average Bonchev–Trinajstić information content (AvgIpc) is 2.09. The highest BCUT2D eigenvalue weighted by Gasteiger charge is 2.12. The third kappa shape index (κ3) is 3.00. The van der Waals surface area contributed by atoms with Gasteiger partial charge >= 0.3 is 0 Å². The number of halogens is 2. The molecule has 0 fully saturated rings. The number of nitrogens with zero attached hydrogens (tertiary/aromatic N) is 1. The van der Waals surface area contributed by atoms with E-state index >= 15 is 0 Å². The topological polar surface area (TPSA) is 3.88 Å². The summed E-state index contributed by atoms with van der Waals surface area (Å²) in [5, 5.41) is 0. The summed E-state index contributed by atoms with van der Waals surface area (Å²) in [6.45, 7) is 2.15. The van der Waals surface area contributed by atoms with Crippen molar-refractivity contribution in [2.75, 3.05) is 5.88 Å². The van der Waals surface area contributed by atoms with Crippen LogP contribution in [0.4, 0.5) is 0 Å². The van der Waals surface area contributed by atoms with Crippen LogP contribution in [-0.4, -0.2) is 5.88 Å². The Bertz CT molecular complexity index is 197. The quantitative estimate of drug-likeness (QED) is 0.449. The van der Waals surface area contributed by atoms with Crippen molar-refractivity contribution in [1.82, 2.24) is 0 Å². The Kier molecular flexibility index (Phi) is 6.13. The molecule has 0 aliphatic carbocycles.